The minimum atomic E-state index is -0.304. The van der Waals surface area contributed by atoms with Gasteiger partial charge in [0.05, 0.1) is 12.3 Å². The van der Waals surface area contributed by atoms with Crippen molar-refractivity contribution >= 4 is 22.4 Å². The molecular formula is C11H12N4O2S. The molecule has 0 bridgehead atoms. The van der Waals surface area contributed by atoms with E-state index in [1.165, 1.54) is 17.6 Å². The molecule has 0 spiro atoms. The Morgan fingerprint density at radius 3 is 3.22 bits per heavy atom. The fourth-order valence-electron chi connectivity index (χ4n) is 1.89. The first kappa shape index (κ1) is 11.4. The minimum Gasteiger partial charge on any atom is -0.459 e. The molecule has 1 unspecified atom stereocenters. The number of anilines is 1. The lowest BCUT2D eigenvalue weighted by Gasteiger charge is -2.02. The van der Waals surface area contributed by atoms with Gasteiger partial charge in [0.25, 0.3) is 5.91 Å². The molecule has 0 saturated carbocycles. The molecule has 1 aliphatic rings. The van der Waals surface area contributed by atoms with Gasteiger partial charge in [-0.25, -0.2) is 0 Å². The zero-order chi connectivity index (χ0) is 12.4. The second-order valence-electron chi connectivity index (χ2n) is 4.03. The minimum absolute atomic E-state index is 0.269. The third kappa shape index (κ3) is 2.27. The van der Waals surface area contributed by atoms with Gasteiger partial charge in [0.15, 0.2) is 5.76 Å². The van der Waals surface area contributed by atoms with Crippen molar-refractivity contribution in [2.24, 2.45) is 0 Å². The van der Waals surface area contributed by atoms with Crippen molar-refractivity contribution in [3.63, 3.8) is 0 Å². The molecule has 3 heterocycles. The number of carbonyl (C=O) groups excluding carboxylic acids is 1. The van der Waals surface area contributed by atoms with Gasteiger partial charge in [-0.15, -0.1) is 10.2 Å². The molecule has 0 aromatic carbocycles. The summed E-state index contributed by atoms with van der Waals surface area (Å²) in [5.41, 5.74) is 0. The smallest absolute Gasteiger partial charge is 0.293 e. The zero-order valence-corrected chi connectivity index (χ0v) is 10.4. The highest BCUT2D eigenvalue weighted by Crippen LogP contribution is 2.27. The normalized spacial score (nSPS) is 19.0. The number of hydrogen-bond donors (Lipinski definition) is 2. The van der Waals surface area contributed by atoms with E-state index in [-0.39, 0.29) is 17.7 Å². The van der Waals surface area contributed by atoms with Crippen molar-refractivity contribution in [2.45, 2.75) is 18.9 Å². The molecule has 0 aliphatic carbocycles. The molecule has 6 nitrogen and oxygen atoms in total. The summed E-state index contributed by atoms with van der Waals surface area (Å²) in [5, 5.41) is 15.5. The Labute approximate surface area is 107 Å². The van der Waals surface area contributed by atoms with Crippen LogP contribution in [0.3, 0.4) is 0 Å². The van der Waals surface area contributed by atoms with Gasteiger partial charge in [-0.1, -0.05) is 11.3 Å². The van der Waals surface area contributed by atoms with E-state index in [1.807, 2.05) is 0 Å². The SMILES string of the molecule is O=C(Nc1nnc(C2CCCN2)s1)c1ccco1. The predicted octanol–water partition coefficient (Wildman–Crippen LogP) is 1.81. The summed E-state index contributed by atoms with van der Waals surface area (Å²) in [4.78, 5) is 11.7. The Hall–Kier alpha value is -1.73. The van der Waals surface area contributed by atoms with E-state index < -0.39 is 0 Å². The Morgan fingerprint density at radius 1 is 1.56 bits per heavy atom. The van der Waals surface area contributed by atoms with Crippen LogP contribution in [0.2, 0.25) is 0 Å². The number of aromatic nitrogens is 2. The molecule has 1 amide bonds. The fourth-order valence-corrected chi connectivity index (χ4v) is 2.74. The number of amides is 1. The second kappa shape index (κ2) is 4.87. The molecule has 3 rings (SSSR count). The van der Waals surface area contributed by atoms with Gasteiger partial charge in [-0.05, 0) is 31.5 Å². The van der Waals surface area contributed by atoms with E-state index in [1.54, 1.807) is 12.1 Å². The lowest BCUT2D eigenvalue weighted by molar-refractivity contribution is 0.0996. The lowest BCUT2D eigenvalue weighted by Crippen LogP contribution is -2.12. The number of carbonyl (C=O) groups is 1. The van der Waals surface area contributed by atoms with Crippen molar-refractivity contribution < 1.29 is 9.21 Å². The molecule has 1 atom stereocenters. The summed E-state index contributed by atoms with van der Waals surface area (Å²) in [6.45, 7) is 1.01. The predicted molar refractivity (Wildman–Crippen MR) is 66.5 cm³/mol. The molecule has 1 fully saturated rings. The average molecular weight is 264 g/mol. The summed E-state index contributed by atoms with van der Waals surface area (Å²) >= 11 is 1.40. The van der Waals surface area contributed by atoms with E-state index in [4.69, 9.17) is 4.42 Å². The Kier molecular flexibility index (Phi) is 3.07. The molecule has 1 aliphatic heterocycles. The number of hydrogen-bond acceptors (Lipinski definition) is 6. The molecule has 2 N–H and O–H groups in total. The summed E-state index contributed by atoms with van der Waals surface area (Å²) in [7, 11) is 0. The van der Waals surface area contributed by atoms with E-state index in [9.17, 15) is 4.79 Å². The number of nitrogens with zero attached hydrogens (tertiary/aromatic N) is 2. The van der Waals surface area contributed by atoms with Gasteiger partial charge in [0, 0.05) is 0 Å². The van der Waals surface area contributed by atoms with Crippen LogP contribution in [0.25, 0.3) is 0 Å². The van der Waals surface area contributed by atoms with Crippen LogP contribution >= 0.6 is 11.3 Å². The third-order valence-corrected chi connectivity index (χ3v) is 3.72. The molecule has 7 heteroatoms. The first-order valence-electron chi connectivity index (χ1n) is 5.74. The lowest BCUT2D eigenvalue weighted by atomic mass is 10.2. The van der Waals surface area contributed by atoms with Crippen LogP contribution in [0.4, 0.5) is 5.13 Å². The molecule has 94 valence electrons. The van der Waals surface area contributed by atoms with Crippen LogP contribution in [-0.4, -0.2) is 22.6 Å². The van der Waals surface area contributed by atoms with Crippen LogP contribution in [-0.2, 0) is 0 Å². The summed E-state index contributed by atoms with van der Waals surface area (Å²) in [6.07, 6.45) is 3.68. The maximum atomic E-state index is 11.7. The van der Waals surface area contributed by atoms with Gasteiger partial charge < -0.3 is 9.73 Å². The highest BCUT2D eigenvalue weighted by molar-refractivity contribution is 7.15. The topological polar surface area (TPSA) is 80.0 Å². The summed E-state index contributed by atoms with van der Waals surface area (Å²) < 4.78 is 5.01. The van der Waals surface area contributed by atoms with Crippen molar-refractivity contribution in [3.05, 3.63) is 29.2 Å². The first-order valence-corrected chi connectivity index (χ1v) is 6.56. The average Bonchev–Trinajstić information content (AvgIpc) is 3.12. The van der Waals surface area contributed by atoms with Crippen molar-refractivity contribution in [1.29, 1.82) is 0 Å². The van der Waals surface area contributed by atoms with Crippen LogP contribution in [0.15, 0.2) is 22.8 Å². The molecule has 1 saturated heterocycles. The van der Waals surface area contributed by atoms with Crippen LogP contribution < -0.4 is 10.6 Å². The molecule has 0 radical (unpaired) electrons. The number of rotatable bonds is 3. The number of nitrogens with one attached hydrogen (secondary N) is 2. The van der Waals surface area contributed by atoms with Crippen molar-refractivity contribution in [1.82, 2.24) is 15.5 Å². The van der Waals surface area contributed by atoms with Crippen LogP contribution in [0.5, 0.6) is 0 Å². The summed E-state index contributed by atoms with van der Waals surface area (Å²) in [5.74, 6) is -0.0344. The molecule has 2 aromatic rings. The highest BCUT2D eigenvalue weighted by atomic mass is 32.1. The van der Waals surface area contributed by atoms with E-state index in [2.05, 4.69) is 20.8 Å². The van der Waals surface area contributed by atoms with Gasteiger partial charge in [0.1, 0.15) is 5.01 Å². The highest BCUT2D eigenvalue weighted by Gasteiger charge is 2.21. The van der Waals surface area contributed by atoms with Crippen LogP contribution in [0, 0.1) is 0 Å². The number of furan rings is 1. The maximum absolute atomic E-state index is 11.7. The Morgan fingerprint density at radius 2 is 2.50 bits per heavy atom. The third-order valence-electron chi connectivity index (χ3n) is 2.76. The quantitative estimate of drug-likeness (QED) is 0.883. The second-order valence-corrected chi connectivity index (χ2v) is 5.03. The van der Waals surface area contributed by atoms with E-state index in [0.717, 1.165) is 24.4 Å². The first-order chi connectivity index (χ1) is 8.83. The molecule has 18 heavy (non-hydrogen) atoms. The van der Waals surface area contributed by atoms with Crippen molar-refractivity contribution in [3.8, 4) is 0 Å². The summed E-state index contributed by atoms with van der Waals surface area (Å²) in [6, 6.07) is 3.55. The largest absolute Gasteiger partial charge is 0.459 e. The van der Waals surface area contributed by atoms with Crippen molar-refractivity contribution in [2.75, 3.05) is 11.9 Å². The zero-order valence-electron chi connectivity index (χ0n) is 9.55. The Bertz CT molecular complexity index is 531. The van der Waals surface area contributed by atoms with Gasteiger partial charge in [-0.2, -0.15) is 0 Å². The van der Waals surface area contributed by atoms with E-state index >= 15 is 0 Å². The van der Waals surface area contributed by atoms with Gasteiger partial charge in [0.2, 0.25) is 5.13 Å². The molecule has 2 aromatic heterocycles. The maximum Gasteiger partial charge on any atom is 0.293 e. The van der Waals surface area contributed by atoms with Gasteiger partial charge >= 0.3 is 0 Å². The molecular weight excluding hydrogens is 252 g/mol. The van der Waals surface area contributed by atoms with Gasteiger partial charge in [-0.3, -0.25) is 10.1 Å². The monoisotopic (exact) mass is 264 g/mol. The standard InChI is InChI=1S/C11H12N4O2S/c16-9(8-4-2-6-17-8)13-11-15-14-10(18-11)7-3-1-5-12-7/h2,4,6-7,12H,1,3,5H2,(H,13,15,16). The fraction of sp³-hybridized carbons (Fsp3) is 0.364. The van der Waals surface area contributed by atoms with E-state index in [0.29, 0.717) is 5.13 Å². The Balaban J connectivity index is 1.68. The van der Waals surface area contributed by atoms with Crippen LogP contribution in [0.1, 0.15) is 34.4 Å².